The van der Waals surface area contributed by atoms with E-state index in [0.717, 1.165) is 44.1 Å². The Hall–Kier alpha value is -5.07. The van der Waals surface area contributed by atoms with Gasteiger partial charge in [0.15, 0.2) is 0 Å². The highest BCUT2D eigenvalue weighted by Gasteiger charge is 2.26. The molecule has 39 heavy (non-hydrogen) atoms. The molecule has 2 aromatic heterocycles. The van der Waals surface area contributed by atoms with Crippen molar-refractivity contribution in [2.75, 3.05) is 7.11 Å². The summed E-state index contributed by atoms with van der Waals surface area (Å²) in [6.07, 6.45) is 1.99. The third-order valence-corrected chi connectivity index (χ3v) is 7.12. The van der Waals surface area contributed by atoms with Gasteiger partial charge in [0, 0.05) is 28.3 Å². The van der Waals surface area contributed by atoms with E-state index in [-0.39, 0.29) is 5.78 Å². The number of hydrogen-bond acceptors (Lipinski definition) is 2. The summed E-state index contributed by atoms with van der Waals surface area (Å²) in [4.78, 5) is 14.3. The van der Waals surface area contributed by atoms with Crippen LogP contribution in [0.4, 0.5) is 0 Å². The van der Waals surface area contributed by atoms with Crippen molar-refractivity contribution >= 4 is 22.1 Å². The molecule has 188 valence electrons. The maximum atomic E-state index is 14.3. The van der Waals surface area contributed by atoms with Gasteiger partial charge in [0.25, 0.3) is 0 Å². The Morgan fingerprint density at radius 3 is 2.10 bits per heavy atom. The Balaban J connectivity index is 1.71. The number of ether oxygens (including phenoxy) is 1. The second-order valence-corrected chi connectivity index (χ2v) is 9.76. The molecule has 0 saturated heterocycles. The molecule has 0 saturated carbocycles. The van der Waals surface area contributed by atoms with E-state index in [2.05, 4.69) is 80.3 Å². The molecule has 6 aromatic rings. The monoisotopic (exact) mass is 505 g/mol. The third kappa shape index (κ3) is 4.47. The van der Waals surface area contributed by atoms with Crippen molar-refractivity contribution in [2.24, 2.45) is 0 Å². The highest BCUT2D eigenvalue weighted by Crippen LogP contribution is 2.37. The molecule has 0 N–H and O–H groups in total. The van der Waals surface area contributed by atoms with E-state index in [1.165, 1.54) is 5.56 Å². The first-order valence-electron chi connectivity index (χ1n) is 12.9. The number of aromatic nitrogens is 1. The van der Waals surface area contributed by atoms with Crippen LogP contribution in [0.3, 0.4) is 0 Å². The molecule has 0 bridgehead atoms. The standard InChI is InChI=1S/C36H27NO2/c1-24-8-12-26(13-9-24)14-21-32-33(28-15-10-25(2)11-16-28)35(36(38)29-17-19-30(39-3)20-18-29)37-23-22-27-6-4-5-7-31(27)34(32)37/h4-13,15-20,22-23H,1-3H3. The summed E-state index contributed by atoms with van der Waals surface area (Å²) >= 11 is 0. The minimum absolute atomic E-state index is 0.0677. The van der Waals surface area contributed by atoms with Gasteiger partial charge in [0.1, 0.15) is 11.4 Å². The van der Waals surface area contributed by atoms with Gasteiger partial charge in [-0.15, -0.1) is 0 Å². The molecule has 0 aliphatic carbocycles. The first-order valence-corrected chi connectivity index (χ1v) is 12.9. The number of nitrogens with zero attached hydrogens (tertiary/aromatic N) is 1. The lowest BCUT2D eigenvalue weighted by molar-refractivity contribution is 0.103. The molecule has 0 aliphatic heterocycles. The van der Waals surface area contributed by atoms with Crippen molar-refractivity contribution in [3.63, 3.8) is 0 Å². The van der Waals surface area contributed by atoms with Crippen molar-refractivity contribution in [3.8, 4) is 28.7 Å². The molecule has 2 heterocycles. The minimum atomic E-state index is -0.0677. The van der Waals surface area contributed by atoms with Gasteiger partial charge in [-0.1, -0.05) is 83.6 Å². The Bertz CT molecular complexity index is 1900. The highest BCUT2D eigenvalue weighted by atomic mass is 16.5. The number of ketones is 1. The van der Waals surface area contributed by atoms with Crippen molar-refractivity contribution in [2.45, 2.75) is 13.8 Å². The quantitative estimate of drug-likeness (QED) is 0.179. The second kappa shape index (κ2) is 10.0. The number of carbonyl (C=O) groups excluding carboxylic acids is 1. The molecule has 0 amide bonds. The topological polar surface area (TPSA) is 30.7 Å². The summed E-state index contributed by atoms with van der Waals surface area (Å²) in [7, 11) is 1.62. The lowest BCUT2D eigenvalue weighted by atomic mass is 9.95. The summed E-state index contributed by atoms with van der Waals surface area (Å²) in [6.45, 7) is 4.13. The maximum Gasteiger partial charge on any atom is 0.210 e. The SMILES string of the molecule is COc1ccc(C(=O)c2c(-c3ccc(C)cc3)c(C#Cc3ccc(C)cc3)c3c4ccccc4ccn23)cc1. The zero-order valence-corrected chi connectivity index (χ0v) is 22.2. The van der Waals surface area contributed by atoms with Crippen LogP contribution in [0.15, 0.2) is 109 Å². The molecule has 0 atom stereocenters. The smallest absolute Gasteiger partial charge is 0.210 e. The third-order valence-electron chi connectivity index (χ3n) is 7.12. The second-order valence-electron chi connectivity index (χ2n) is 9.76. The Kier molecular flexibility index (Phi) is 6.23. The molecule has 0 aliphatic rings. The van der Waals surface area contributed by atoms with Crippen molar-refractivity contribution in [1.82, 2.24) is 4.40 Å². The average Bonchev–Trinajstić information content (AvgIpc) is 3.31. The fraction of sp³-hybridized carbons (Fsp3) is 0.0833. The van der Waals surface area contributed by atoms with E-state index in [0.29, 0.717) is 17.0 Å². The number of benzene rings is 4. The van der Waals surface area contributed by atoms with Gasteiger partial charge in [-0.3, -0.25) is 4.79 Å². The lowest BCUT2D eigenvalue weighted by Gasteiger charge is -2.09. The van der Waals surface area contributed by atoms with E-state index in [1.54, 1.807) is 7.11 Å². The van der Waals surface area contributed by atoms with Gasteiger partial charge in [0.05, 0.1) is 18.2 Å². The fourth-order valence-electron chi connectivity index (χ4n) is 5.01. The predicted molar refractivity (Wildman–Crippen MR) is 159 cm³/mol. The summed E-state index contributed by atoms with van der Waals surface area (Å²) in [6, 6.07) is 34.1. The summed E-state index contributed by atoms with van der Waals surface area (Å²) in [5, 5.41) is 2.15. The summed E-state index contributed by atoms with van der Waals surface area (Å²) in [5.74, 6) is 7.52. The number of fused-ring (bicyclic) bond motifs is 3. The highest BCUT2D eigenvalue weighted by molar-refractivity contribution is 6.16. The average molecular weight is 506 g/mol. The lowest BCUT2D eigenvalue weighted by Crippen LogP contribution is -2.07. The van der Waals surface area contributed by atoms with Gasteiger partial charge in [-0.25, -0.2) is 0 Å². The van der Waals surface area contributed by atoms with E-state index in [1.807, 2.05) is 59.1 Å². The molecule has 6 rings (SSSR count). The molecule has 0 spiro atoms. The maximum absolute atomic E-state index is 14.3. The van der Waals surface area contributed by atoms with Gasteiger partial charge in [-0.2, -0.15) is 0 Å². The zero-order chi connectivity index (χ0) is 26.9. The molecule has 3 nitrogen and oxygen atoms in total. The zero-order valence-electron chi connectivity index (χ0n) is 22.2. The minimum Gasteiger partial charge on any atom is -0.497 e. The van der Waals surface area contributed by atoms with E-state index < -0.39 is 0 Å². The van der Waals surface area contributed by atoms with Crippen LogP contribution in [0.1, 0.15) is 38.3 Å². The molecular formula is C36H27NO2. The van der Waals surface area contributed by atoms with Crippen LogP contribution < -0.4 is 4.74 Å². The number of aryl methyl sites for hydroxylation is 2. The van der Waals surface area contributed by atoms with Crippen molar-refractivity contribution < 1.29 is 9.53 Å². The number of rotatable bonds is 4. The fourth-order valence-corrected chi connectivity index (χ4v) is 5.01. The molecule has 0 radical (unpaired) electrons. The predicted octanol–water partition coefficient (Wildman–Crippen LogP) is 8.02. The summed E-state index contributed by atoms with van der Waals surface area (Å²) in [5.41, 5.74) is 8.03. The summed E-state index contributed by atoms with van der Waals surface area (Å²) < 4.78 is 7.35. The van der Waals surface area contributed by atoms with Crippen molar-refractivity contribution in [3.05, 3.63) is 143 Å². The van der Waals surface area contributed by atoms with Gasteiger partial charge in [-0.05, 0) is 67.3 Å². The largest absolute Gasteiger partial charge is 0.497 e. The number of carbonyl (C=O) groups is 1. The number of pyridine rings is 1. The van der Waals surface area contributed by atoms with Crippen LogP contribution in [-0.4, -0.2) is 17.3 Å². The normalized spacial score (nSPS) is 10.8. The van der Waals surface area contributed by atoms with E-state index >= 15 is 0 Å². The van der Waals surface area contributed by atoms with Gasteiger partial charge in [0.2, 0.25) is 5.78 Å². The molecule has 4 aromatic carbocycles. The molecule has 0 fully saturated rings. The molecular weight excluding hydrogens is 478 g/mol. The van der Waals surface area contributed by atoms with Crippen LogP contribution in [0.25, 0.3) is 27.4 Å². The van der Waals surface area contributed by atoms with Crippen molar-refractivity contribution in [1.29, 1.82) is 0 Å². The Morgan fingerprint density at radius 1 is 0.744 bits per heavy atom. The van der Waals surface area contributed by atoms with E-state index in [4.69, 9.17) is 4.74 Å². The van der Waals surface area contributed by atoms with Crippen LogP contribution in [0.2, 0.25) is 0 Å². The number of hydrogen-bond donors (Lipinski definition) is 0. The van der Waals surface area contributed by atoms with Crippen LogP contribution in [-0.2, 0) is 0 Å². The van der Waals surface area contributed by atoms with Gasteiger partial charge < -0.3 is 9.14 Å². The number of methoxy groups -OCH3 is 1. The van der Waals surface area contributed by atoms with Crippen LogP contribution in [0.5, 0.6) is 5.75 Å². The first-order chi connectivity index (χ1) is 19.0. The van der Waals surface area contributed by atoms with Gasteiger partial charge >= 0.3 is 0 Å². The molecule has 3 heteroatoms. The Morgan fingerprint density at radius 2 is 1.41 bits per heavy atom. The first kappa shape index (κ1) is 24.3. The van der Waals surface area contributed by atoms with Crippen LogP contribution >= 0.6 is 0 Å². The Labute approximate surface area is 228 Å². The molecule has 0 unspecified atom stereocenters. The van der Waals surface area contributed by atoms with E-state index in [9.17, 15) is 4.79 Å². The van der Waals surface area contributed by atoms with Crippen LogP contribution in [0, 0.1) is 25.7 Å².